The molecule has 1 aliphatic heterocycles. The molecule has 0 radical (unpaired) electrons. The Balaban J connectivity index is 2.39. The van der Waals surface area contributed by atoms with Crippen molar-refractivity contribution in [3.8, 4) is 0 Å². The van der Waals surface area contributed by atoms with Crippen molar-refractivity contribution in [2.75, 3.05) is 11.9 Å². The van der Waals surface area contributed by atoms with Crippen molar-refractivity contribution < 1.29 is 28.2 Å². The maximum atomic E-state index is 12.2. The molecule has 0 saturated heterocycles. The van der Waals surface area contributed by atoms with Gasteiger partial charge in [-0.25, -0.2) is 8.42 Å². The number of rotatable bonds is 5. The number of aliphatic hydroxyl groups excluding tert-OH is 1. The van der Waals surface area contributed by atoms with E-state index in [1.165, 1.54) is 12.1 Å². The summed E-state index contributed by atoms with van der Waals surface area (Å²) in [5.74, 6) is -1.74. The van der Waals surface area contributed by atoms with Gasteiger partial charge in [-0.2, -0.15) is 4.72 Å². The fourth-order valence-corrected chi connectivity index (χ4v) is 4.12. The van der Waals surface area contributed by atoms with Gasteiger partial charge in [0.25, 0.3) is 0 Å². The van der Waals surface area contributed by atoms with Crippen LogP contribution in [-0.2, 0) is 26.0 Å². The lowest BCUT2D eigenvalue weighted by Crippen LogP contribution is -2.43. The number of hydrogen-bond acceptors (Lipinski definition) is 5. The minimum Gasteiger partial charge on any atom is -0.480 e. The number of amides is 1. The summed E-state index contributed by atoms with van der Waals surface area (Å²) in [7, 11) is -4.16. The number of carbonyl (C=O) groups is 2. The molecule has 4 N–H and O–H groups in total. The lowest BCUT2D eigenvalue weighted by Gasteiger charge is -2.14. The Bertz CT molecular complexity index is 718. The SMILES string of the molecule is O=C1Cc2cc(S(=O)(=O)NC(CO)C(=O)O)c(Br)cc2N1. The summed E-state index contributed by atoms with van der Waals surface area (Å²) >= 11 is 3.07. The number of aliphatic hydroxyl groups is 1. The van der Waals surface area contributed by atoms with E-state index >= 15 is 0 Å². The summed E-state index contributed by atoms with van der Waals surface area (Å²) in [6, 6.07) is 1.08. The Morgan fingerprint density at radius 2 is 2.14 bits per heavy atom. The average Bonchev–Trinajstić information content (AvgIpc) is 2.73. The molecule has 1 heterocycles. The van der Waals surface area contributed by atoms with Crippen LogP contribution in [0.5, 0.6) is 0 Å². The van der Waals surface area contributed by atoms with Crippen molar-refractivity contribution in [1.29, 1.82) is 0 Å². The Morgan fingerprint density at radius 3 is 2.71 bits per heavy atom. The number of carboxylic acids is 1. The van der Waals surface area contributed by atoms with Crippen LogP contribution in [0.3, 0.4) is 0 Å². The number of carboxylic acid groups (broad SMARTS) is 1. The molecule has 1 amide bonds. The molecule has 1 atom stereocenters. The number of halogens is 1. The third-order valence-corrected chi connectivity index (χ3v) is 5.28. The Hall–Kier alpha value is -1.49. The molecule has 0 fully saturated rings. The molecule has 0 aromatic heterocycles. The summed E-state index contributed by atoms with van der Waals surface area (Å²) in [5.41, 5.74) is 1.00. The van der Waals surface area contributed by atoms with Gasteiger partial charge in [0.1, 0.15) is 6.04 Å². The summed E-state index contributed by atoms with van der Waals surface area (Å²) in [6.45, 7) is -0.878. The standard InChI is InChI=1S/C11H11BrN2O6S/c12-6-3-7-5(2-10(16)13-7)1-9(6)21(19,20)14-8(4-15)11(17)18/h1,3,8,14-15H,2,4H2,(H,13,16)(H,17,18). The molecule has 10 heteroatoms. The van der Waals surface area contributed by atoms with E-state index in [9.17, 15) is 18.0 Å². The molecule has 0 bridgehead atoms. The predicted molar refractivity (Wildman–Crippen MR) is 75.3 cm³/mol. The fourth-order valence-electron chi connectivity index (χ4n) is 1.85. The van der Waals surface area contributed by atoms with Crippen molar-refractivity contribution in [1.82, 2.24) is 4.72 Å². The van der Waals surface area contributed by atoms with E-state index in [2.05, 4.69) is 21.2 Å². The predicted octanol–water partition coefficient (Wildman–Crippen LogP) is -0.333. The molecule has 1 aliphatic rings. The number of anilines is 1. The zero-order valence-corrected chi connectivity index (χ0v) is 12.9. The quantitative estimate of drug-likeness (QED) is 0.554. The topological polar surface area (TPSA) is 133 Å². The molecule has 0 aliphatic carbocycles. The molecular weight excluding hydrogens is 368 g/mol. The van der Waals surface area contributed by atoms with Gasteiger partial charge in [0.15, 0.2) is 0 Å². The van der Waals surface area contributed by atoms with E-state index < -0.39 is 28.6 Å². The number of hydrogen-bond donors (Lipinski definition) is 4. The first-order valence-electron chi connectivity index (χ1n) is 5.73. The first kappa shape index (κ1) is 15.9. The first-order chi connectivity index (χ1) is 9.74. The minimum absolute atomic E-state index is 0.0491. The van der Waals surface area contributed by atoms with Crippen molar-refractivity contribution in [3.63, 3.8) is 0 Å². The summed E-state index contributed by atoms with van der Waals surface area (Å²) in [5, 5.41) is 20.2. The van der Waals surface area contributed by atoms with Gasteiger partial charge >= 0.3 is 5.97 Å². The highest BCUT2D eigenvalue weighted by atomic mass is 79.9. The van der Waals surface area contributed by atoms with Crippen molar-refractivity contribution >= 4 is 43.5 Å². The van der Waals surface area contributed by atoms with Crippen LogP contribution in [0, 0.1) is 0 Å². The van der Waals surface area contributed by atoms with Gasteiger partial charge in [0.05, 0.1) is 17.9 Å². The van der Waals surface area contributed by atoms with E-state index in [4.69, 9.17) is 10.2 Å². The fraction of sp³-hybridized carbons (Fsp3) is 0.273. The Kier molecular flexibility index (Phi) is 4.33. The van der Waals surface area contributed by atoms with E-state index in [1.54, 1.807) is 0 Å². The molecular formula is C11H11BrN2O6S. The summed E-state index contributed by atoms with van der Waals surface area (Å²) < 4.78 is 26.4. The molecule has 0 spiro atoms. The zero-order valence-electron chi connectivity index (χ0n) is 10.5. The summed E-state index contributed by atoms with van der Waals surface area (Å²) in [6.07, 6.45) is 0.0491. The lowest BCUT2D eigenvalue weighted by atomic mass is 10.2. The third kappa shape index (κ3) is 3.23. The number of carbonyl (C=O) groups excluding carboxylic acids is 1. The number of aliphatic carboxylic acids is 1. The van der Waals surface area contributed by atoms with Crippen LogP contribution in [0.15, 0.2) is 21.5 Å². The smallest absolute Gasteiger partial charge is 0.324 e. The molecule has 1 aromatic rings. The highest BCUT2D eigenvalue weighted by Gasteiger charge is 2.29. The number of fused-ring (bicyclic) bond motifs is 1. The van der Waals surface area contributed by atoms with Crippen LogP contribution >= 0.6 is 15.9 Å². The normalized spacial score (nSPS) is 15.4. The zero-order chi connectivity index (χ0) is 15.8. The maximum Gasteiger partial charge on any atom is 0.324 e. The number of nitrogens with one attached hydrogen (secondary N) is 2. The van der Waals surface area contributed by atoms with E-state index in [-0.39, 0.29) is 21.7 Å². The van der Waals surface area contributed by atoms with Crippen molar-refractivity contribution in [2.45, 2.75) is 17.4 Å². The van der Waals surface area contributed by atoms with Gasteiger partial charge < -0.3 is 15.5 Å². The van der Waals surface area contributed by atoms with Crippen LogP contribution in [0.1, 0.15) is 5.56 Å². The molecule has 1 aromatic carbocycles. The third-order valence-electron chi connectivity index (χ3n) is 2.85. The Morgan fingerprint density at radius 1 is 1.48 bits per heavy atom. The van der Waals surface area contributed by atoms with E-state index in [0.29, 0.717) is 11.3 Å². The highest BCUT2D eigenvalue weighted by molar-refractivity contribution is 9.10. The highest BCUT2D eigenvalue weighted by Crippen LogP contribution is 2.32. The minimum atomic E-state index is -4.16. The lowest BCUT2D eigenvalue weighted by molar-refractivity contribution is -0.139. The van der Waals surface area contributed by atoms with Gasteiger partial charge in [-0.1, -0.05) is 0 Å². The van der Waals surface area contributed by atoms with Crippen LogP contribution < -0.4 is 10.0 Å². The van der Waals surface area contributed by atoms with Crippen LogP contribution in [0.4, 0.5) is 5.69 Å². The van der Waals surface area contributed by atoms with Crippen LogP contribution in [0.2, 0.25) is 0 Å². The molecule has 1 unspecified atom stereocenters. The van der Waals surface area contributed by atoms with E-state index in [1.807, 2.05) is 4.72 Å². The molecule has 21 heavy (non-hydrogen) atoms. The van der Waals surface area contributed by atoms with Crippen LogP contribution in [-0.4, -0.2) is 43.2 Å². The molecule has 0 saturated carbocycles. The Labute approximate surface area is 128 Å². The van der Waals surface area contributed by atoms with Crippen molar-refractivity contribution in [2.24, 2.45) is 0 Å². The second-order valence-corrected chi connectivity index (χ2v) is 6.90. The molecule has 8 nitrogen and oxygen atoms in total. The van der Waals surface area contributed by atoms with Gasteiger partial charge in [-0.3, -0.25) is 9.59 Å². The second kappa shape index (κ2) is 5.72. The largest absolute Gasteiger partial charge is 0.480 e. The van der Waals surface area contributed by atoms with Gasteiger partial charge in [-0.15, -0.1) is 0 Å². The maximum absolute atomic E-state index is 12.2. The van der Waals surface area contributed by atoms with Gasteiger partial charge in [0.2, 0.25) is 15.9 Å². The van der Waals surface area contributed by atoms with Gasteiger partial charge in [0, 0.05) is 10.2 Å². The first-order valence-corrected chi connectivity index (χ1v) is 8.00. The van der Waals surface area contributed by atoms with E-state index in [0.717, 1.165) is 0 Å². The monoisotopic (exact) mass is 378 g/mol. The number of sulfonamides is 1. The van der Waals surface area contributed by atoms with Gasteiger partial charge in [-0.05, 0) is 33.6 Å². The average molecular weight is 379 g/mol. The van der Waals surface area contributed by atoms with Crippen LogP contribution in [0.25, 0.3) is 0 Å². The summed E-state index contributed by atoms with van der Waals surface area (Å²) in [4.78, 5) is 21.9. The number of benzene rings is 1. The van der Waals surface area contributed by atoms with Crippen molar-refractivity contribution in [3.05, 3.63) is 22.2 Å². The molecule has 114 valence electrons. The second-order valence-electron chi connectivity index (χ2n) is 4.36. The molecule has 2 rings (SSSR count).